The largest absolute Gasteiger partial charge is 0.478 e. The van der Waals surface area contributed by atoms with Gasteiger partial charge in [0.05, 0.1) is 34.0 Å². The number of aromatic carboxylic acids is 1. The molecule has 1 aliphatic heterocycles. The number of carbonyl (C=O) groups is 2. The van der Waals surface area contributed by atoms with E-state index in [0.717, 1.165) is 11.3 Å². The summed E-state index contributed by atoms with van der Waals surface area (Å²) in [7, 11) is 0. The van der Waals surface area contributed by atoms with E-state index in [0.29, 0.717) is 26.2 Å². The minimum Gasteiger partial charge on any atom is -0.478 e. The first kappa shape index (κ1) is 22.3. The van der Waals surface area contributed by atoms with Crippen molar-refractivity contribution in [1.29, 1.82) is 0 Å². The zero-order valence-corrected chi connectivity index (χ0v) is 18.6. The average molecular weight is 466 g/mol. The van der Waals surface area contributed by atoms with Crippen molar-refractivity contribution in [2.75, 3.05) is 6.61 Å². The van der Waals surface area contributed by atoms with Crippen LogP contribution in [-0.4, -0.2) is 28.2 Å². The van der Waals surface area contributed by atoms with Gasteiger partial charge in [-0.05, 0) is 55.3 Å². The zero-order chi connectivity index (χ0) is 23.7. The van der Waals surface area contributed by atoms with E-state index < -0.39 is 23.8 Å². The van der Waals surface area contributed by atoms with Crippen LogP contribution in [0, 0.1) is 5.82 Å². The van der Waals surface area contributed by atoms with E-state index in [1.165, 1.54) is 41.0 Å². The highest BCUT2D eigenvalue weighted by atomic mass is 32.1. The van der Waals surface area contributed by atoms with Crippen molar-refractivity contribution in [3.8, 4) is 0 Å². The maximum atomic E-state index is 13.6. The molecule has 0 amide bonds. The van der Waals surface area contributed by atoms with Gasteiger partial charge in [0.2, 0.25) is 0 Å². The molecule has 0 unspecified atom stereocenters. The van der Waals surface area contributed by atoms with Crippen LogP contribution in [0.2, 0.25) is 0 Å². The monoisotopic (exact) mass is 466 g/mol. The van der Waals surface area contributed by atoms with Gasteiger partial charge in [-0.15, -0.1) is 0 Å². The van der Waals surface area contributed by atoms with Crippen molar-refractivity contribution in [1.82, 2.24) is 4.57 Å². The van der Waals surface area contributed by atoms with Crippen molar-refractivity contribution in [2.45, 2.75) is 19.9 Å². The molecule has 0 radical (unpaired) electrons. The first-order chi connectivity index (χ1) is 15.8. The normalized spacial score (nSPS) is 15.7. The molecule has 33 heavy (non-hydrogen) atoms. The second-order valence-corrected chi connectivity index (χ2v) is 8.29. The number of benzene rings is 2. The van der Waals surface area contributed by atoms with E-state index in [2.05, 4.69) is 4.99 Å². The molecule has 0 fully saturated rings. The molecule has 0 saturated carbocycles. The van der Waals surface area contributed by atoms with Crippen LogP contribution in [0.15, 0.2) is 69.6 Å². The molecule has 2 aromatic carbocycles. The Labute approximate surface area is 191 Å². The average Bonchev–Trinajstić information content (AvgIpc) is 3.08. The van der Waals surface area contributed by atoms with Crippen LogP contribution in [0.4, 0.5) is 4.39 Å². The number of aromatic nitrogens is 1. The lowest BCUT2D eigenvalue weighted by Crippen LogP contribution is -2.39. The minimum atomic E-state index is -1.04. The van der Waals surface area contributed by atoms with Crippen LogP contribution in [0.25, 0.3) is 6.08 Å². The summed E-state index contributed by atoms with van der Waals surface area (Å²) in [5.74, 6) is -2.07. The second-order valence-electron chi connectivity index (χ2n) is 7.28. The molecule has 168 valence electrons. The van der Waals surface area contributed by atoms with Crippen molar-refractivity contribution in [2.24, 2.45) is 4.99 Å². The zero-order valence-electron chi connectivity index (χ0n) is 17.7. The minimum absolute atomic E-state index is 0.139. The molecule has 3 aromatic rings. The molecule has 0 saturated heterocycles. The number of carbonyl (C=O) groups excluding carboxylic acids is 1. The van der Waals surface area contributed by atoms with E-state index in [9.17, 15) is 18.8 Å². The van der Waals surface area contributed by atoms with E-state index in [4.69, 9.17) is 9.84 Å². The molecule has 9 heteroatoms. The Morgan fingerprint density at radius 3 is 2.45 bits per heavy atom. The number of ether oxygens (including phenoxy) is 1. The van der Waals surface area contributed by atoms with Gasteiger partial charge in [-0.1, -0.05) is 35.6 Å². The molecule has 1 aromatic heterocycles. The highest BCUT2D eigenvalue weighted by Crippen LogP contribution is 2.30. The standard InChI is InChI=1S/C24H19FN2O5S/c1-3-32-23(31)19-13(2)26-24-27(20(19)15-8-10-17(25)11-9-15)21(28)18(33-24)12-14-4-6-16(7-5-14)22(29)30/h4-12,20H,3H2,1-2H3,(H,29,30)/b18-12-/t20-/m1/s1. The van der Waals surface area contributed by atoms with Crippen LogP contribution in [0.3, 0.4) is 0 Å². The Kier molecular flexibility index (Phi) is 6.06. The summed E-state index contributed by atoms with van der Waals surface area (Å²) >= 11 is 1.15. The summed E-state index contributed by atoms with van der Waals surface area (Å²) in [6.45, 7) is 3.51. The van der Waals surface area contributed by atoms with E-state index in [1.54, 1.807) is 32.1 Å². The van der Waals surface area contributed by atoms with Gasteiger partial charge in [0.25, 0.3) is 5.56 Å². The molecule has 0 bridgehead atoms. The molecular formula is C24H19FN2O5S. The first-order valence-corrected chi connectivity index (χ1v) is 10.9. The maximum absolute atomic E-state index is 13.6. The van der Waals surface area contributed by atoms with Gasteiger partial charge in [0, 0.05) is 0 Å². The van der Waals surface area contributed by atoms with Crippen LogP contribution in [-0.2, 0) is 9.53 Å². The second kappa shape index (κ2) is 8.95. The molecule has 0 aliphatic carbocycles. The van der Waals surface area contributed by atoms with Crippen LogP contribution in [0.1, 0.15) is 41.4 Å². The number of rotatable bonds is 5. The summed E-state index contributed by atoms with van der Waals surface area (Å²) in [4.78, 5) is 42.1. The molecule has 1 atom stereocenters. The predicted octanol–water partition coefficient (Wildman–Crippen LogP) is 2.64. The van der Waals surface area contributed by atoms with Gasteiger partial charge in [0.15, 0.2) is 4.80 Å². The van der Waals surface area contributed by atoms with E-state index >= 15 is 0 Å². The third-order valence-electron chi connectivity index (χ3n) is 5.16. The van der Waals surface area contributed by atoms with Crippen LogP contribution < -0.4 is 14.9 Å². The number of thiazole rings is 1. The Bertz CT molecular complexity index is 1450. The number of hydrogen-bond donors (Lipinski definition) is 1. The Balaban J connectivity index is 1.90. The lowest BCUT2D eigenvalue weighted by atomic mass is 9.96. The summed E-state index contributed by atoms with van der Waals surface area (Å²) in [6.07, 6.45) is 1.64. The van der Waals surface area contributed by atoms with Crippen molar-refractivity contribution in [3.05, 3.63) is 102 Å². The van der Waals surface area contributed by atoms with Crippen molar-refractivity contribution in [3.63, 3.8) is 0 Å². The Hall–Kier alpha value is -3.85. The number of carboxylic acids is 1. The summed E-state index contributed by atoms with van der Waals surface area (Å²) < 4.78 is 20.6. The van der Waals surface area contributed by atoms with Gasteiger partial charge in [-0.25, -0.2) is 19.0 Å². The number of fused-ring (bicyclic) bond motifs is 1. The third kappa shape index (κ3) is 4.27. The SMILES string of the molecule is CCOC(=O)C1=C(C)N=c2s/c(=C\c3ccc(C(=O)O)cc3)c(=O)n2[C@@H]1c1ccc(F)cc1. The predicted molar refractivity (Wildman–Crippen MR) is 120 cm³/mol. The number of esters is 1. The lowest BCUT2D eigenvalue weighted by Gasteiger charge is -2.24. The highest BCUT2D eigenvalue weighted by molar-refractivity contribution is 7.07. The Morgan fingerprint density at radius 1 is 1.18 bits per heavy atom. The fourth-order valence-electron chi connectivity index (χ4n) is 3.63. The topological polar surface area (TPSA) is 98.0 Å². The third-order valence-corrected chi connectivity index (χ3v) is 6.14. The van der Waals surface area contributed by atoms with Crippen LogP contribution in [0.5, 0.6) is 0 Å². The van der Waals surface area contributed by atoms with Crippen LogP contribution >= 0.6 is 11.3 Å². The van der Waals surface area contributed by atoms with Crippen molar-refractivity contribution >= 4 is 29.4 Å². The van der Waals surface area contributed by atoms with Gasteiger partial charge in [-0.2, -0.15) is 0 Å². The van der Waals surface area contributed by atoms with Gasteiger partial charge >= 0.3 is 11.9 Å². The summed E-state index contributed by atoms with van der Waals surface area (Å²) in [6, 6.07) is 10.9. The maximum Gasteiger partial charge on any atom is 0.338 e. The molecule has 1 aliphatic rings. The lowest BCUT2D eigenvalue weighted by molar-refractivity contribution is -0.139. The first-order valence-electron chi connectivity index (χ1n) is 10.1. The fraction of sp³-hybridized carbons (Fsp3) is 0.167. The van der Waals surface area contributed by atoms with E-state index in [-0.39, 0.29) is 23.3 Å². The van der Waals surface area contributed by atoms with Gasteiger partial charge in [-0.3, -0.25) is 9.36 Å². The number of halogens is 1. The number of allylic oxidation sites excluding steroid dienone is 1. The summed E-state index contributed by atoms with van der Waals surface area (Å²) in [5, 5.41) is 9.07. The Morgan fingerprint density at radius 2 is 1.85 bits per heavy atom. The molecule has 2 heterocycles. The molecular weight excluding hydrogens is 447 g/mol. The molecule has 1 N–H and O–H groups in total. The van der Waals surface area contributed by atoms with Gasteiger partial charge < -0.3 is 9.84 Å². The number of nitrogens with zero attached hydrogens (tertiary/aromatic N) is 2. The molecule has 0 spiro atoms. The smallest absolute Gasteiger partial charge is 0.338 e. The number of hydrogen-bond acceptors (Lipinski definition) is 6. The number of carboxylic acid groups (broad SMARTS) is 1. The fourth-order valence-corrected chi connectivity index (χ4v) is 4.67. The van der Waals surface area contributed by atoms with Gasteiger partial charge in [0.1, 0.15) is 5.82 Å². The summed E-state index contributed by atoms with van der Waals surface area (Å²) in [5.41, 5.74) is 1.59. The molecule has 7 nitrogen and oxygen atoms in total. The molecule has 4 rings (SSSR count). The van der Waals surface area contributed by atoms with Crippen molar-refractivity contribution < 1.29 is 23.8 Å². The highest BCUT2D eigenvalue weighted by Gasteiger charge is 2.33. The quantitative estimate of drug-likeness (QED) is 0.583. The van der Waals surface area contributed by atoms with E-state index in [1.807, 2.05) is 0 Å².